The Kier molecular flexibility index (Phi) is 4.08. The smallest absolute Gasteiger partial charge is 0.0423 e. The minimum Gasteiger partial charge on any atom is -0.102 e. The molecule has 0 aromatic rings. The first kappa shape index (κ1) is 10.6. The van der Waals surface area contributed by atoms with E-state index in [9.17, 15) is 0 Å². The first-order valence-corrected chi connectivity index (χ1v) is 6.13. The Morgan fingerprint density at radius 2 is 2.00 bits per heavy atom. The quantitative estimate of drug-likeness (QED) is 0.409. The molecule has 1 unspecified atom stereocenters. The standard InChI is InChI=1S/C11H19I/c1-3-11(12,4-2)10-8-6-5-7-9-10/h3,10H,1,4-9H2,2H3. The molecule has 0 aromatic heterocycles. The molecule has 1 rings (SSSR count). The third kappa shape index (κ3) is 2.24. The monoisotopic (exact) mass is 278 g/mol. The molecule has 70 valence electrons. The van der Waals surface area contributed by atoms with Crippen LogP contribution in [0, 0.1) is 5.92 Å². The van der Waals surface area contributed by atoms with Gasteiger partial charge in [-0.3, -0.25) is 0 Å². The molecule has 1 aliphatic rings. The maximum Gasteiger partial charge on any atom is 0.0423 e. The normalized spacial score (nSPS) is 24.8. The Morgan fingerprint density at radius 3 is 2.42 bits per heavy atom. The predicted molar refractivity (Wildman–Crippen MR) is 63.8 cm³/mol. The van der Waals surface area contributed by atoms with E-state index >= 15 is 0 Å². The van der Waals surface area contributed by atoms with Crippen LogP contribution in [0.4, 0.5) is 0 Å². The third-order valence-corrected chi connectivity index (χ3v) is 5.25. The maximum absolute atomic E-state index is 3.97. The first-order chi connectivity index (χ1) is 5.73. The van der Waals surface area contributed by atoms with E-state index in [0.29, 0.717) is 3.42 Å². The van der Waals surface area contributed by atoms with Crippen LogP contribution in [0.5, 0.6) is 0 Å². The van der Waals surface area contributed by atoms with Gasteiger partial charge in [-0.05, 0) is 25.2 Å². The van der Waals surface area contributed by atoms with Crippen molar-refractivity contribution in [2.45, 2.75) is 48.9 Å². The van der Waals surface area contributed by atoms with Crippen LogP contribution in [0.1, 0.15) is 45.4 Å². The molecule has 0 nitrogen and oxygen atoms in total. The number of hydrogen-bond donors (Lipinski definition) is 0. The molecule has 1 aliphatic carbocycles. The summed E-state index contributed by atoms with van der Waals surface area (Å²) in [6, 6.07) is 0. The minimum atomic E-state index is 0.387. The van der Waals surface area contributed by atoms with Gasteiger partial charge in [0.15, 0.2) is 0 Å². The molecule has 0 radical (unpaired) electrons. The van der Waals surface area contributed by atoms with Gasteiger partial charge in [-0.2, -0.15) is 0 Å². The van der Waals surface area contributed by atoms with Gasteiger partial charge in [0.1, 0.15) is 0 Å². The summed E-state index contributed by atoms with van der Waals surface area (Å²) in [5, 5.41) is 0. The Morgan fingerprint density at radius 1 is 1.42 bits per heavy atom. The van der Waals surface area contributed by atoms with Gasteiger partial charge >= 0.3 is 0 Å². The highest BCUT2D eigenvalue weighted by atomic mass is 127. The van der Waals surface area contributed by atoms with Crippen molar-refractivity contribution in [2.24, 2.45) is 5.92 Å². The largest absolute Gasteiger partial charge is 0.102 e. The summed E-state index contributed by atoms with van der Waals surface area (Å²) in [5.74, 6) is 0.898. The van der Waals surface area contributed by atoms with Crippen LogP contribution in [-0.4, -0.2) is 3.42 Å². The zero-order valence-corrected chi connectivity index (χ0v) is 10.1. The van der Waals surface area contributed by atoms with E-state index in [1.165, 1.54) is 38.5 Å². The van der Waals surface area contributed by atoms with Gasteiger partial charge in [0, 0.05) is 3.42 Å². The second-order valence-electron chi connectivity index (χ2n) is 3.82. The molecule has 1 heteroatoms. The molecule has 0 spiro atoms. The second kappa shape index (κ2) is 4.64. The minimum absolute atomic E-state index is 0.387. The van der Waals surface area contributed by atoms with Crippen molar-refractivity contribution in [3.63, 3.8) is 0 Å². The first-order valence-electron chi connectivity index (χ1n) is 5.05. The van der Waals surface area contributed by atoms with E-state index in [2.05, 4.69) is 42.2 Å². The molecule has 0 aromatic carbocycles. The van der Waals surface area contributed by atoms with Crippen molar-refractivity contribution in [1.29, 1.82) is 0 Å². The van der Waals surface area contributed by atoms with Crippen LogP contribution in [0.25, 0.3) is 0 Å². The van der Waals surface area contributed by atoms with Crippen molar-refractivity contribution in [3.8, 4) is 0 Å². The van der Waals surface area contributed by atoms with E-state index < -0.39 is 0 Å². The Labute approximate surface area is 90.0 Å². The van der Waals surface area contributed by atoms with Gasteiger partial charge in [-0.25, -0.2) is 0 Å². The number of allylic oxidation sites excluding steroid dienone is 1. The second-order valence-corrected chi connectivity index (χ2v) is 5.83. The lowest BCUT2D eigenvalue weighted by Gasteiger charge is -2.35. The summed E-state index contributed by atoms with van der Waals surface area (Å²) >= 11 is 2.60. The topological polar surface area (TPSA) is 0 Å². The lowest BCUT2D eigenvalue weighted by molar-refractivity contribution is 0.315. The molecular formula is C11H19I. The van der Waals surface area contributed by atoms with E-state index in [1.807, 2.05) is 0 Å². The van der Waals surface area contributed by atoms with Crippen molar-refractivity contribution in [3.05, 3.63) is 12.7 Å². The predicted octanol–water partition coefficient (Wildman–Crippen LogP) is 4.34. The molecule has 0 heterocycles. The summed E-state index contributed by atoms with van der Waals surface area (Å²) in [5.41, 5.74) is 0. The zero-order chi connectivity index (χ0) is 9.03. The van der Waals surface area contributed by atoms with Crippen LogP contribution < -0.4 is 0 Å². The van der Waals surface area contributed by atoms with Gasteiger partial charge in [0.25, 0.3) is 0 Å². The average molecular weight is 278 g/mol. The Hall–Kier alpha value is 0.470. The molecule has 0 aliphatic heterocycles. The van der Waals surface area contributed by atoms with Crippen molar-refractivity contribution in [2.75, 3.05) is 0 Å². The van der Waals surface area contributed by atoms with E-state index in [-0.39, 0.29) is 0 Å². The Balaban J connectivity index is 2.57. The lowest BCUT2D eigenvalue weighted by atomic mass is 9.79. The fourth-order valence-electron chi connectivity index (χ4n) is 2.18. The fraction of sp³-hybridized carbons (Fsp3) is 0.818. The van der Waals surface area contributed by atoms with Crippen molar-refractivity contribution < 1.29 is 0 Å². The highest BCUT2D eigenvalue weighted by molar-refractivity contribution is 14.1. The summed E-state index contributed by atoms with van der Waals surface area (Å²) in [6.07, 6.45) is 10.6. The average Bonchev–Trinajstić information content (AvgIpc) is 2.18. The lowest BCUT2D eigenvalue weighted by Crippen LogP contribution is -2.29. The van der Waals surface area contributed by atoms with Gasteiger partial charge in [-0.1, -0.05) is 54.9 Å². The SMILES string of the molecule is C=CC(I)(CC)C1CCCCC1. The van der Waals surface area contributed by atoms with Gasteiger partial charge < -0.3 is 0 Å². The van der Waals surface area contributed by atoms with Crippen LogP contribution >= 0.6 is 22.6 Å². The summed E-state index contributed by atoms with van der Waals surface area (Å²) in [7, 11) is 0. The summed E-state index contributed by atoms with van der Waals surface area (Å²) < 4.78 is 0.387. The van der Waals surface area contributed by atoms with Crippen molar-refractivity contribution >= 4 is 22.6 Å². The summed E-state index contributed by atoms with van der Waals surface area (Å²) in [4.78, 5) is 0. The highest BCUT2D eigenvalue weighted by Gasteiger charge is 2.31. The van der Waals surface area contributed by atoms with E-state index in [4.69, 9.17) is 0 Å². The van der Waals surface area contributed by atoms with Crippen LogP contribution in [-0.2, 0) is 0 Å². The van der Waals surface area contributed by atoms with Gasteiger partial charge in [0.2, 0.25) is 0 Å². The van der Waals surface area contributed by atoms with Crippen LogP contribution in [0.3, 0.4) is 0 Å². The molecule has 0 saturated heterocycles. The van der Waals surface area contributed by atoms with Crippen molar-refractivity contribution in [1.82, 2.24) is 0 Å². The molecule has 1 atom stereocenters. The van der Waals surface area contributed by atoms with E-state index in [0.717, 1.165) is 5.92 Å². The number of rotatable bonds is 3. The molecule has 12 heavy (non-hydrogen) atoms. The van der Waals surface area contributed by atoms with E-state index in [1.54, 1.807) is 0 Å². The van der Waals surface area contributed by atoms with Gasteiger partial charge in [-0.15, -0.1) is 6.58 Å². The Bertz CT molecular complexity index is 147. The van der Waals surface area contributed by atoms with Crippen LogP contribution in [0.15, 0.2) is 12.7 Å². The highest BCUT2D eigenvalue weighted by Crippen LogP contribution is 2.41. The molecule has 0 amide bonds. The molecule has 1 saturated carbocycles. The summed E-state index contributed by atoms with van der Waals surface area (Å²) in [6.45, 7) is 6.25. The zero-order valence-electron chi connectivity index (χ0n) is 7.98. The maximum atomic E-state index is 3.97. The third-order valence-electron chi connectivity index (χ3n) is 3.17. The molecular weight excluding hydrogens is 259 g/mol. The molecule has 0 N–H and O–H groups in total. The molecule has 0 bridgehead atoms. The van der Waals surface area contributed by atoms with Crippen LogP contribution in [0.2, 0.25) is 0 Å². The number of alkyl halides is 1. The fourth-order valence-corrected chi connectivity index (χ4v) is 2.80. The van der Waals surface area contributed by atoms with Gasteiger partial charge in [0.05, 0.1) is 0 Å². The number of halogens is 1. The molecule has 1 fully saturated rings. The number of hydrogen-bond acceptors (Lipinski definition) is 0.